The maximum absolute atomic E-state index is 14.2. The zero-order valence-corrected chi connectivity index (χ0v) is 31.7. The van der Waals surface area contributed by atoms with Crippen LogP contribution in [0.1, 0.15) is 38.5 Å². The highest BCUT2D eigenvalue weighted by molar-refractivity contribution is 7.90. The minimum absolute atomic E-state index is 0.0188. The number of nitrogens with one attached hydrogen (secondary N) is 3. The Kier molecular flexibility index (Phi) is 10.4. The maximum Gasteiger partial charge on any atom is 0.266 e. The number of methoxy groups -OCH3 is 1. The molecule has 13 nitrogen and oxygen atoms in total. The molecule has 1 aromatic heterocycles. The lowest BCUT2D eigenvalue weighted by molar-refractivity contribution is -0.131. The number of sulfonamides is 2. The second-order valence-corrected chi connectivity index (χ2v) is 17.6. The molecule has 2 amide bonds. The van der Waals surface area contributed by atoms with Gasteiger partial charge in [-0.2, -0.15) is 4.31 Å². The van der Waals surface area contributed by atoms with Gasteiger partial charge in [0.05, 0.1) is 36.8 Å². The van der Waals surface area contributed by atoms with Gasteiger partial charge in [0, 0.05) is 42.0 Å². The average molecular weight is 774 g/mol. The third kappa shape index (κ3) is 7.79. The van der Waals surface area contributed by atoms with Crippen LogP contribution in [0.4, 0.5) is 5.69 Å². The van der Waals surface area contributed by atoms with Crippen molar-refractivity contribution in [3.8, 4) is 22.8 Å². The van der Waals surface area contributed by atoms with E-state index in [1.165, 1.54) is 6.07 Å². The number of hydrogen-bond donors (Lipinski definition) is 3. The SMILES string of the molecule is COc1ccc2c(O[C@@H]3C[C@@H](C(=O)N[C@@]45C[C@H]4C=CCCCCCNc4ccccc4S(=O)(=O)NC5=O)N(S(C)(=O)=O)C3)cc(-c3ccccc3)nc2c1. The molecule has 1 saturated carbocycles. The Bertz CT molecular complexity index is 2320. The molecule has 3 N–H and O–H groups in total. The van der Waals surface area contributed by atoms with E-state index in [1.807, 2.05) is 48.6 Å². The molecule has 7 rings (SSSR count). The monoisotopic (exact) mass is 773 g/mol. The Morgan fingerprint density at radius 1 is 1.02 bits per heavy atom. The Morgan fingerprint density at radius 2 is 1.80 bits per heavy atom. The van der Waals surface area contributed by atoms with Crippen molar-refractivity contribution in [1.29, 1.82) is 0 Å². The van der Waals surface area contributed by atoms with E-state index in [-0.39, 0.29) is 24.3 Å². The van der Waals surface area contributed by atoms with E-state index in [0.717, 1.165) is 41.8 Å². The van der Waals surface area contributed by atoms with Crippen molar-refractivity contribution >= 4 is 48.5 Å². The summed E-state index contributed by atoms with van der Waals surface area (Å²) in [4.78, 5) is 32.9. The molecule has 3 aromatic carbocycles. The van der Waals surface area contributed by atoms with Gasteiger partial charge in [0.15, 0.2) is 0 Å². The van der Waals surface area contributed by atoms with Crippen molar-refractivity contribution in [3.63, 3.8) is 0 Å². The van der Waals surface area contributed by atoms with Crippen LogP contribution in [0.25, 0.3) is 22.2 Å². The zero-order valence-electron chi connectivity index (χ0n) is 30.0. The van der Waals surface area contributed by atoms with Crippen LogP contribution in [0.2, 0.25) is 0 Å². The number of ether oxygens (including phenoxy) is 2. The summed E-state index contributed by atoms with van der Waals surface area (Å²) in [5, 5.41) is 6.65. The second kappa shape index (κ2) is 15.0. The number of para-hydroxylation sites is 1. The number of carbonyl (C=O) groups is 2. The fourth-order valence-electron chi connectivity index (χ4n) is 7.24. The topological polar surface area (TPSA) is 173 Å². The number of allylic oxidation sites excluding steroid dienone is 1. The fourth-order valence-corrected chi connectivity index (χ4v) is 9.55. The smallest absolute Gasteiger partial charge is 0.266 e. The quantitative estimate of drug-likeness (QED) is 0.225. The molecule has 1 saturated heterocycles. The third-order valence-electron chi connectivity index (χ3n) is 10.2. The van der Waals surface area contributed by atoms with E-state index < -0.39 is 55.5 Å². The van der Waals surface area contributed by atoms with E-state index >= 15 is 0 Å². The van der Waals surface area contributed by atoms with Gasteiger partial charge in [-0.05, 0) is 49.9 Å². The second-order valence-electron chi connectivity index (χ2n) is 14.0. The van der Waals surface area contributed by atoms with Crippen LogP contribution < -0.4 is 24.8 Å². The lowest BCUT2D eigenvalue weighted by atomic mass is 10.1. The first kappa shape index (κ1) is 37.3. The molecule has 284 valence electrons. The average Bonchev–Trinajstić information content (AvgIpc) is 3.67. The van der Waals surface area contributed by atoms with Crippen molar-refractivity contribution in [1.82, 2.24) is 19.3 Å². The van der Waals surface area contributed by atoms with Crippen LogP contribution in [-0.4, -0.2) is 82.1 Å². The summed E-state index contributed by atoms with van der Waals surface area (Å²) in [6.07, 6.45) is 7.59. The summed E-state index contributed by atoms with van der Waals surface area (Å²) in [5.41, 5.74) is 0.854. The molecule has 0 bridgehead atoms. The summed E-state index contributed by atoms with van der Waals surface area (Å²) in [6.45, 7) is 0.439. The molecule has 1 aliphatic carbocycles. The Morgan fingerprint density at radius 3 is 2.57 bits per heavy atom. The molecule has 54 heavy (non-hydrogen) atoms. The number of amides is 2. The van der Waals surface area contributed by atoms with E-state index in [4.69, 9.17) is 14.5 Å². The van der Waals surface area contributed by atoms with E-state index in [2.05, 4.69) is 15.4 Å². The first-order valence-electron chi connectivity index (χ1n) is 17.9. The van der Waals surface area contributed by atoms with Crippen molar-refractivity contribution in [2.24, 2.45) is 5.92 Å². The van der Waals surface area contributed by atoms with Crippen LogP contribution in [0, 0.1) is 5.92 Å². The highest BCUT2D eigenvalue weighted by Gasteiger charge is 2.61. The first-order valence-corrected chi connectivity index (χ1v) is 21.3. The van der Waals surface area contributed by atoms with E-state index in [9.17, 15) is 26.4 Å². The molecule has 15 heteroatoms. The molecule has 4 aromatic rings. The molecule has 0 spiro atoms. The van der Waals surface area contributed by atoms with Gasteiger partial charge < -0.3 is 20.1 Å². The van der Waals surface area contributed by atoms with Crippen LogP contribution in [0.5, 0.6) is 11.5 Å². The van der Waals surface area contributed by atoms with Gasteiger partial charge in [-0.25, -0.2) is 26.5 Å². The molecule has 0 radical (unpaired) electrons. The molecular weight excluding hydrogens is 731 g/mol. The molecule has 3 heterocycles. The van der Waals surface area contributed by atoms with Gasteiger partial charge in [-0.15, -0.1) is 0 Å². The molecule has 0 unspecified atom stereocenters. The predicted octanol–water partition coefficient (Wildman–Crippen LogP) is 4.61. The minimum Gasteiger partial charge on any atom is -0.497 e. The normalized spacial score (nSPS) is 24.5. The number of pyridine rings is 1. The van der Waals surface area contributed by atoms with Gasteiger partial charge in [0.1, 0.15) is 34.1 Å². The summed E-state index contributed by atoms with van der Waals surface area (Å²) in [5.74, 6) is -1.05. The van der Waals surface area contributed by atoms with Gasteiger partial charge in [-0.1, -0.05) is 61.0 Å². The Balaban J connectivity index is 1.17. The van der Waals surface area contributed by atoms with E-state index in [1.54, 1.807) is 43.5 Å². The highest BCUT2D eigenvalue weighted by atomic mass is 32.2. The summed E-state index contributed by atoms with van der Waals surface area (Å²) in [7, 11) is -6.72. The first-order chi connectivity index (χ1) is 25.9. The number of fused-ring (bicyclic) bond motifs is 3. The van der Waals surface area contributed by atoms with Gasteiger partial charge in [0.25, 0.3) is 15.9 Å². The number of benzene rings is 3. The zero-order chi connectivity index (χ0) is 38.1. The van der Waals surface area contributed by atoms with Crippen LogP contribution in [0.15, 0.2) is 95.9 Å². The van der Waals surface area contributed by atoms with Crippen LogP contribution in [-0.2, 0) is 29.6 Å². The van der Waals surface area contributed by atoms with Crippen molar-refractivity contribution in [3.05, 3.63) is 91.0 Å². The molecule has 2 fully saturated rings. The number of aromatic nitrogens is 1. The van der Waals surface area contributed by atoms with Crippen LogP contribution >= 0.6 is 0 Å². The number of carbonyl (C=O) groups excluding carboxylic acids is 2. The predicted molar refractivity (Wildman–Crippen MR) is 205 cm³/mol. The maximum atomic E-state index is 14.2. The largest absolute Gasteiger partial charge is 0.497 e. The molecule has 3 aliphatic rings. The summed E-state index contributed by atoms with van der Waals surface area (Å²) in [6, 6.07) is 21.8. The van der Waals surface area contributed by atoms with Crippen LogP contribution in [0.3, 0.4) is 0 Å². The van der Waals surface area contributed by atoms with Crippen molar-refractivity contribution in [2.75, 3.05) is 31.8 Å². The number of rotatable bonds is 7. The number of hydrogen-bond acceptors (Lipinski definition) is 10. The minimum atomic E-state index is -4.35. The molecular formula is C39H43N5O8S2. The number of nitrogens with zero attached hydrogens (tertiary/aromatic N) is 2. The summed E-state index contributed by atoms with van der Waals surface area (Å²) < 4.78 is 68.8. The fraction of sp³-hybridized carbons (Fsp3) is 0.359. The summed E-state index contributed by atoms with van der Waals surface area (Å²) >= 11 is 0. The van der Waals surface area contributed by atoms with Gasteiger partial charge in [0.2, 0.25) is 15.9 Å². The standard InChI is InChI=1S/C39H43N5O8S2/c1-51-28-18-19-30-33(21-28)41-32(26-13-7-6-8-14-26)23-35(30)52-29-22-34(44(25-29)53(2,47)48)37(45)42-39-24-27(39)15-9-4-3-5-12-20-40-31-16-10-11-17-36(31)54(49,50)43-38(39)46/h6-11,13-19,21,23,27,29,34,40H,3-5,12,20,22,24-25H2,1-2H3,(H,42,45)(H,43,46)/t27-,29-,34+,39+/m1/s1. The lowest BCUT2D eigenvalue weighted by Gasteiger charge is -2.25. The van der Waals surface area contributed by atoms with Gasteiger partial charge in [-0.3, -0.25) is 9.59 Å². The molecule has 4 atom stereocenters. The number of anilines is 1. The Labute approximate surface area is 315 Å². The third-order valence-corrected chi connectivity index (χ3v) is 12.8. The van der Waals surface area contributed by atoms with Crippen molar-refractivity contribution < 1.29 is 35.9 Å². The Hall–Kier alpha value is -4.99. The highest BCUT2D eigenvalue weighted by Crippen LogP contribution is 2.46. The molecule has 2 aliphatic heterocycles. The van der Waals surface area contributed by atoms with Gasteiger partial charge >= 0.3 is 0 Å². The van der Waals surface area contributed by atoms with E-state index in [0.29, 0.717) is 40.3 Å². The van der Waals surface area contributed by atoms with Crippen molar-refractivity contribution in [2.45, 2.75) is 61.1 Å². The lowest BCUT2D eigenvalue weighted by Crippen LogP contribution is -2.56.